The van der Waals surface area contributed by atoms with E-state index < -0.39 is 18.3 Å². The third-order valence-corrected chi connectivity index (χ3v) is 2.00. The molecule has 1 heterocycles. The Kier molecular flexibility index (Phi) is 2.86. The second kappa shape index (κ2) is 4.66. The normalized spacial score (nSPS) is 20.3. The lowest BCUT2D eigenvalue weighted by atomic mass is 10.1. The van der Waals surface area contributed by atoms with Crippen molar-refractivity contribution in [2.45, 2.75) is 32.8 Å². The van der Waals surface area contributed by atoms with Crippen LogP contribution in [0.3, 0.4) is 0 Å². The highest BCUT2D eigenvalue weighted by molar-refractivity contribution is 5.68. The molecule has 15 heavy (non-hydrogen) atoms. The molecule has 1 amide bonds. The zero-order valence-electron chi connectivity index (χ0n) is 11.4. The number of ether oxygens (including phenoxy) is 1. The van der Waals surface area contributed by atoms with Crippen molar-refractivity contribution in [1.29, 1.82) is 0 Å². The predicted octanol–water partition coefficient (Wildman–Crippen LogP) is 1.55. The Morgan fingerprint density at radius 1 is 1.73 bits per heavy atom. The molecule has 0 saturated carbocycles. The van der Waals surface area contributed by atoms with Crippen LogP contribution in [0.1, 0.15) is 29.9 Å². The van der Waals surface area contributed by atoms with Gasteiger partial charge in [0.25, 0.3) is 0 Å². The fourth-order valence-electron chi connectivity index (χ4n) is 1.26. The van der Waals surface area contributed by atoms with E-state index in [4.69, 9.17) is 7.48 Å². The summed E-state index contributed by atoms with van der Waals surface area (Å²) < 4.78 is 19.5. The molecule has 0 aromatic carbocycles. The van der Waals surface area contributed by atoms with E-state index in [9.17, 15) is 9.90 Å². The first-order valence-electron chi connectivity index (χ1n) is 5.99. The second-order valence-electron chi connectivity index (χ2n) is 4.52. The molecule has 0 aromatic rings. The summed E-state index contributed by atoms with van der Waals surface area (Å²) in [5.41, 5.74) is -0.218. The van der Waals surface area contributed by atoms with E-state index in [1.54, 1.807) is 20.8 Å². The van der Waals surface area contributed by atoms with E-state index in [1.807, 2.05) is 0 Å². The van der Waals surface area contributed by atoms with Crippen molar-refractivity contribution in [2.75, 3.05) is 19.6 Å². The Morgan fingerprint density at radius 2 is 2.40 bits per heavy atom. The monoisotopic (exact) mass is 215 g/mol. The maximum absolute atomic E-state index is 11.7. The lowest BCUT2D eigenvalue weighted by Gasteiger charge is -2.29. The summed E-state index contributed by atoms with van der Waals surface area (Å²) in [5.74, 6) is 0. The molecule has 0 fully saturated rings. The van der Waals surface area contributed by atoms with E-state index in [1.165, 1.54) is 11.0 Å². The van der Waals surface area contributed by atoms with Crippen LogP contribution in [0.15, 0.2) is 11.6 Å². The molecule has 1 N–H and O–H groups in total. The van der Waals surface area contributed by atoms with Crippen LogP contribution in [0, 0.1) is 0 Å². The molecule has 0 atom stereocenters. The third-order valence-electron chi connectivity index (χ3n) is 2.00. The van der Waals surface area contributed by atoms with Crippen LogP contribution in [-0.4, -0.2) is 41.3 Å². The van der Waals surface area contributed by atoms with E-state index in [0.29, 0.717) is 18.5 Å². The molecule has 0 radical (unpaired) electrons. The number of aliphatic hydroxyl groups is 1. The van der Waals surface area contributed by atoms with Crippen molar-refractivity contribution in [3.63, 3.8) is 0 Å². The van der Waals surface area contributed by atoms with Gasteiger partial charge in [-0.1, -0.05) is 6.08 Å². The minimum Gasteiger partial charge on any atom is -0.444 e. The van der Waals surface area contributed by atoms with Crippen molar-refractivity contribution in [3.05, 3.63) is 11.6 Å². The van der Waals surface area contributed by atoms with Gasteiger partial charge in [0.1, 0.15) is 5.60 Å². The van der Waals surface area contributed by atoms with Crippen LogP contribution in [0.2, 0.25) is 0 Å². The zero-order chi connectivity index (χ0) is 13.3. The molecular formula is C11H19NO3. The van der Waals surface area contributed by atoms with E-state index >= 15 is 0 Å². The van der Waals surface area contributed by atoms with Crippen LogP contribution >= 0.6 is 0 Å². The summed E-state index contributed by atoms with van der Waals surface area (Å²) in [6.07, 6.45) is 1.45. The van der Waals surface area contributed by atoms with Crippen molar-refractivity contribution >= 4 is 6.09 Å². The molecule has 0 spiro atoms. The highest BCUT2D eigenvalue weighted by Crippen LogP contribution is 2.14. The van der Waals surface area contributed by atoms with E-state index in [2.05, 4.69) is 0 Å². The van der Waals surface area contributed by atoms with Gasteiger partial charge in [0.05, 0.1) is 9.30 Å². The fourth-order valence-corrected chi connectivity index (χ4v) is 1.26. The summed E-state index contributed by atoms with van der Waals surface area (Å²) in [7, 11) is 0. The van der Waals surface area contributed by atoms with Gasteiger partial charge in [-0.25, -0.2) is 4.79 Å². The summed E-state index contributed by atoms with van der Waals surface area (Å²) in [4.78, 5) is 13.2. The number of carbonyl (C=O) groups is 1. The Balaban J connectivity index is 2.58. The van der Waals surface area contributed by atoms with E-state index in [0.717, 1.165) is 0 Å². The Bertz CT molecular complexity index is 329. The summed E-state index contributed by atoms with van der Waals surface area (Å²) in [5, 5.41) is 9.18. The fraction of sp³-hybridized carbons (Fsp3) is 0.727. The van der Waals surface area contributed by atoms with Gasteiger partial charge in [-0.2, -0.15) is 0 Å². The van der Waals surface area contributed by atoms with Crippen LogP contribution in [-0.2, 0) is 4.74 Å². The molecule has 0 bridgehead atoms. The predicted molar refractivity (Wildman–Crippen MR) is 57.6 cm³/mol. The standard InChI is InChI=1S/C11H19NO3/c1-11(2,3)15-10(14)12-6-4-9(8-13)5-7-12/h4,13H,5-8H2,1-3H3/i8D2. The summed E-state index contributed by atoms with van der Waals surface area (Å²) >= 11 is 0. The highest BCUT2D eigenvalue weighted by atomic mass is 16.6. The van der Waals surface area contributed by atoms with Crippen molar-refractivity contribution < 1.29 is 17.4 Å². The first-order chi connectivity index (χ1) is 7.59. The maximum Gasteiger partial charge on any atom is 0.410 e. The quantitative estimate of drug-likeness (QED) is 0.675. The lowest BCUT2D eigenvalue weighted by molar-refractivity contribution is 0.0263. The van der Waals surface area contributed by atoms with Gasteiger partial charge in [-0.05, 0) is 32.8 Å². The minimum absolute atomic E-state index is 0.268. The second-order valence-corrected chi connectivity index (χ2v) is 4.52. The van der Waals surface area contributed by atoms with E-state index in [-0.39, 0.29) is 6.54 Å². The molecule has 4 heteroatoms. The molecule has 0 aromatic heterocycles. The van der Waals surface area contributed by atoms with Crippen LogP contribution < -0.4 is 0 Å². The highest BCUT2D eigenvalue weighted by Gasteiger charge is 2.23. The Morgan fingerprint density at radius 3 is 2.80 bits per heavy atom. The number of nitrogens with zero attached hydrogens (tertiary/aromatic N) is 1. The molecule has 0 aliphatic carbocycles. The average molecular weight is 215 g/mol. The number of hydrogen-bond donors (Lipinski definition) is 1. The van der Waals surface area contributed by atoms with Gasteiger partial charge >= 0.3 is 6.09 Å². The van der Waals surface area contributed by atoms with Gasteiger partial charge in [0, 0.05) is 13.1 Å². The number of carbonyl (C=O) groups excluding carboxylic acids is 1. The van der Waals surface area contributed by atoms with Crippen molar-refractivity contribution in [2.24, 2.45) is 0 Å². The lowest BCUT2D eigenvalue weighted by Crippen LogP contribution is -2.39. The topological polar surface area (TPSA) is 49.8 Å². The average Bonchev–Trinajstić information content (AvgIpc) is 2.14. The summed E-state index contributed by atoms with van der Waals surface area (Å²) in [6, 6.07) is 0. The number of rotatable bonds is 1. The largest absolute Gasteiger partial charge is 0.444 e. The third kappa shape index (κ3) is 3.91. The first kappa shape index (κ1) is 9.21. The minimum atomic E-state index is -2.29. The zero-order valence-corrected chi connectivity index (χ0v) is 9.41. The van der Waals surface area contributed by atoms with Gasteiger partial charge in [0.2, 0.25) is 0 Å². The van der Waals surface area contributed by atoms with Gasteiger partial charge in [0.15, 0.2) is 0 Å². The molecular weight excluding hydrogens is 194 g/mol. The van der Waals surface area contributed by atoms with Crippen molar-refractivity contribution in [3.8, 4) is 0 Å². The van der Waals surface area contributed by atoms with Crippen LogP contribution in [0.25, 0.3) is 0 Å². The van der Waals surface area contributed by atoms with Gasteiger partial charge < -0.3 is 14.7 Å². The van der Waals surface area contributed by atoms with Gasteiger partial charge in [-0.15, -0.1) is 0 Å². The van der Waals surface area contributed by atoms with Gasteiger partial charge in [-0.3, -0.25) is 0 Å². The first-order valence-corrected chi connectivity index (χ1v) is 4.99. The molecule has 1 aliphatic rings. The molecule has 86 valence electrons. The number of hydrogen-bond acceptors (Lipinski definition) is 3. The van der Waals surface area contributed by atoms with Crippen LogP contribution in [0.5, 0.6) is 0 Å². The molecule has 4 nitrogen and oxygen atoms in total. The molecule has 1 aliphatic heterocycles. The molecule has 0 saturated heterocycles. The number of amides is 1. The SMILES string of the molecule is [2H]C([2H])(O)C1=CCN(C(=O)OC(C)(C)C)CC1. The summed E-state index contributed by atoms with van der Waals surface area (Å²) in [6.45, 7) is 3.72. The Labute approximate surface area is 93.3 Å². The molecule has 0 unspecified atom stereocenters. The molecule has 1 rings (SSSR count). The van der Waals surface area contributed by atoms with Crippen LogP contribution in [0.4, 0.5) is 4.79 Å². The van der Waals surface area contributed by atoms with Crippen molar-refractivity contribution in [1.82, 2.24) is 4.90 Å². The Hall–Kier alpha value is -1.03. The maximum atomic E-state index is 11.7. The smallest absolute Gasteiger partial charge is 0.410 e.